The third-order valence-corrected chi connectivity index (χ3v) is 8.02. The van der Waals surface area contributed by atoms with Gasteiger partial charge in [-0.25, -0.2) is 14.8 Å². The van der Waals surface area contributed by atoms with Gasteiger partial charge >= 0.3 is 5.97 Å². The first-order chi connectivity index (χ1) is 19.5. The Balaban J connectivity index is 1.20. The first-order valence-corrected chi connectivity index (χ1v) is 13.9. The van der Waals surface area contributed by atoms with Crippen molar-refractivity contribution in [3.05, 3.63) is 94.6 Å². The van der Waals surface area contributed by atoms with Crippen molar-refractivity contribution in [2.45, 2.75) is 52.3 Å². The Kier molecular flexibility index (Phi) is 7.36. The van der Waals surface area contributed by atoms with Crippen molar-refractivity contribution in [1.82, 2.24) is 19.4 Å². The Hall–Kier alpha value is -4.01. The van der Waals surface area contributed by atoms with E-state index in [0.29, 0.717) is 24.2 Å². The Bertz CT molecular complexity index is 1540. The number of aryl methyl sites for hydroxylation is 1. The van der Waals surface area contributed by atoms with Crippen molar-refractivity contribution in [2.75, 3.05) is 19.8 Å². The van der Waals surface area contributed by atoms with E-state index in [-0.39, 0.29) is 5.69 Å². The highest BCUT2D eigenvalue weighted by atomic mass is 16.5. The molecule has 8 nitrogen and oxygen atoms in total. The average molecular weight is 539 g/mol. The summed E-state index contributed by atoms with van der Waals surface area (Å²) in [6.07, 6.45) is 4.81. The smallest absolute Gasteiger partial charge is 0.356 e. The number of carbonyl (C=O) groups is 1. The van der Waals surface area contributed by atoms with Gasteiger partial charge in [0.1, 0.15) is 24.5 Å². The van der Waals surface area contributed by atoms with Gasteiger partial charge in [-0.1, -0.05) is 35.9 Å². The zero-order valence-corrected chi connectivity index (χ0v) is 23.0. The number of aromatic nitrogens is 3. The summed E-state index contributed by atoms with van der Waals surface area (Å²) < 4.78 is 13.6. The van der Waals surface area contributed by atoms with Crippen molar-refractivity contribution in [2.24, 2.45) is 0 Å². The van der Waals surface area contributed by atoms with Gasteiger partial charge in [-0.05, 0) is 74.1 Å². The predicted octanol–water partition coefficient (Wildman–Crippen LogP) is 5.37. The van der Waals surface area contributed by atoms with Crippen LogP contribution in [0.2, 0.25) is 0 Å². The summed E-state index contributed by atoms with van der Waals surface area (Å²) in [5, 5.41) is 9.39. The highest BCUT2D eigenvalue weighted by Gasteiger charge is 2.25. The molecule has 0 bridgehead atoms. The Labute approximate surface area is 234 Å². The fourth-order valence-corrected chi connectivity index (χ4v) is 5.77. The maximum atomic E-state index is 11.5. The van der Waals surface area contributed by atoms with Gasteiger partial charge in [0.15, 0.2) is 5.69 Å². The predicted molar refractivity (Wildman–Crippen MR) is 152 cm³/mol. The number of nitrogens with zero attached hydrogens (tertiary/aromatic N) is 4. The molecule has 0 radical (unpaired) electrons. The molecular formula is C32H34N4O4. The number of carboxylic acid groups (broad SMARTS) is 1. The summed E-state index contributed by atoms with van der Waals surface area (Å²) in [7, 11) is 0. The molecule has 0 unspecified atom stereocenters. The van der Waals surface area contributed by atoms with Crippen LogP contribution >= 0.6 is 0 Å². The van der Waals surface area contributed by atoms with Gasteiger partial charge in [0.2, 0.25) is 0 Å². The van der Waals surface area contributed by atoms with Crippen LogP contribution < -0.4 is 4.74 Å². The summed E-state index contributed by atoms with van der Waals surface area (Å²) in [5.41, 5.74) is 7.28. The van der Waals surface area contributed by atoms with Crippen molar-refractivity contribution in [3.8, 4) is 22.8 Å². The normalized spacial score (nSPS) is 16.1. The third kappa shape index (κ3) is 5.37. The second-order valence-electron chi connectivity index (χ2n) is 10.7. The number of rotatable bonds is 7. The van der Waals surface area contributed by atoms with Gasteiger partial charge in [-0.15, -0.1) is 0 Å². The van der Waals surface area contributed by atoms with Gasteiger partial charge in [0.05, 0.1) is 11.4 Å². The number of pyridine rings is 1. The van der Waals surface area contributed by atoms with Gasteiger partial charge in [-0.3, -0.25) is 9.47 Å². The minimum Gasteiger partial charge on any atom is -0.488 e. The molecule has 1 N–H and O–H groups in total. The quantitative estimate of drug-likeness (QED) is 0.339. The molecule has 6 rings (SSSR count). The topological polar surface area (TPSA) is 89.7 Å². The zero-order valence-electron chi connectivity index (χ0n) is 23.0. The number of fused-ring (bicyclic) bond motifs is 1. The van der Waals surface area contributed by atoms with Crippen LogP contribution in [0.1, 0.15) is 51.3 Å². The van der Waals surface area contributed by atoms with Crippen LogP contribution in [0.5, 0.6) is 5.75 Å². The average Bonchev–Trinajstić information content (AvgIpc) is 3.38. The lowest BCUT2D eigenvalue weighted by molar-refractivity contribution is 0.0290. The van der Waals surface area contributed by atoms with Crippen molar-refractivity contribution >= 4 is 5.97 Å². The molecule has 0 saturated carbocycles. The maximum absolute atomic E-state index is 11.5. The van der Waals surface area contributed by atoms with E-state index < -0.39 is 5.97 Å². The lowest BCUT2D eigenvalue weighted by atomic mass is 9.95. The van der Waals surface area contributed by atoms with E-state index >= 15 is 0 Å². The maximum Gasteiger partial charge on any atom is 0.356 e. The number of benzene rings is 2. The standard InChI is InChI=1S/C32H34N4O4/c1-21-6-9-29(27(16-21)28-4-3-5-30(34-28)36-20-33-31(22(36)2)32(37)38)40-19-23-7-8-25-18-35(13-10-24(25)17-23)26-11-14-39-15-12-26/h3-9,16-17,20,26H,10-15,18-19H2,1-2H3,(H,37,38). The Morgan fingerprint density at radius 2 is 1.93 bits per heavy atom. The molecule has 0 amide bonds. The monoisotopic (exact) mass is 538 g/mol. The minimum absolute atomic E-state index is 0.0214. The van der Waals surface area contributed by atoms with Crippen LogP contribution in [0.3, 0.4) is 0 Å². The van der Waals surface area contributed by atoms with E-state index in [2.05, 4.69) is 34.1 Å². The van der Waals surface area contributed by atoms with E-state index in [9.17, 15) is 9.90 Å². The summed E-state index contributed by atoms with van der Waals surface area (Å²) in [5.74, 6) is 0.305. The highest BCUT2D eigenvalue weighted by molar-refractivity contribution is 5.86. The molecule has 4 aromatic rings. The first-order valence-electron chi connectivity index (χ1n) is 13.9. The van der Waals surface area contributed by atoms with Crippen LogP contribution in [0.25, 0.3) is 17.1 Å². The third-order valence-electron chi connectivity index (χ3n) is 8.02. The molecule has 2 aliphatic heterocycles. The van der Waals surface area contributed by atoms with E-state index in [1.807, 2.05) is 37.3 Å². The molecule has 0 spiro atoms. The van der Waals surface area contributed by atoms with Crippen molar-refractivity contribution in [1.29, 1.82) is 0 Å². The summed E-state index contributed by atoms with van der Waals surface area (Å²) >= 11 is 0. The molecule has 8 heteroatoms. The summed E-state index contributed by atoms with van der Waals surface area (Å²) in [4.78, 5) is 23.0. The summed E-state index contributed by atoms with van der Waals surface area (Å²) in [6.45, 7) is 8.10. The van der Waals surface area contributed by atoms with Gasteiger partial charge in [0.25, 0.3) is 0 Å². The second-order valence-corrected chi connectivity index (χ2v) is 10.7. The van der Waals surface area contributed by atoms with Crippen molar-refractivity contribution < 1.29 is 19.4 Å². The van der Waals surface area contributed by atoms with E-state index in [4.69, 9.17) is 14.5 Å². The summed E-state index contributed by atoms with van der Waals surface area (Å²) in [6, 6.07) is 19.2. The number of carboxylic acids is 1. The number of hydrogen-bond acceptors (Lipinski definition) is 6. The fraction of sp³-hybridized carbons (Fsp3) is 0.344. The molecule has 2 aromatic heterocycles. The lowest BCUT2D eigenvalue weighted by Crippen LogP contribution is -2.42. The number of ether oxygens (including phenoxy) is 2. The lowest BCUT2D eigenvalue weighted by Gasteiger charge is -2.37. The number of hydrogen-bond donors (Lipinski definition) is 1. The van der Waals surface area contributed by atoms with E-state index in [0.717, 1.165) is 73.7 Å². The highest BCUT2D eigenvalue weighted by Crippen LogP contribution is 2.32. The van der Waals surface area contributed by atoms with E-state index in [1.165, 1.54) is 17.5 Å². The minimum atomic E-state index is -1.05. The first kappa shape index (κ1) is 26.2. The van der Waals surface area contributed by atoms with Gasteiger partial charge in [-0.2, -0.15) is 0 Å². The molecule has 2 aromatic carbocycles. The molecule has 4 heterocycles. The van der Waals surface area contributed by atoms with Gasteiger partial charge in [0, 0.05) is 37.9 Å². The molecular weight excluding hydrogens is 504 g/mol. The Morgan fingerprint density at radius 1 is 1.07 bits per heavy atom. The molecule has 40 heavy (non-hydrogen) atoms. The van der Waals surface area contributed by atoms with Crippen LogP contribution in [0.4, 0.5) is 0 Å². The molecule has 0 atom stereocenters. The Morgan fingerprint density at radius 3 is 2.73 bits per heavy atom. The van der Waals surface area contributed by atoms with Crippen LogP contribution in [-0.4, -0.2) is 56.3 Å². The second kappa shape index (κ2) is 11.2. The zero-order chi connectivity index (χ0) is 27.6. The fourth-order valence-electron chi connectivity index (χ4n) is 5.77. The molecule has 206 valence electrons. The number of aromatic carboxylic acids is 1. The van der Waals surface area contributed by atoms with Crippen LogP contribution in [-0.2, 0) is 24.3 Å². The number of imidazole rings is 1. The van der Waals surface area contributed by atoms with Crippen molar-refractivity contribution in [3.63, 3.8) is 0 Å². The SMILES string of the molecule is Cc1ccc(OCc2ccc3c(c2)CCN(C2CCOCC2)C3)c(-c2cccc(-n3cnc(C(=O)O)c3C)n2)c1. The molecule has 1 fully saturated rings. The van der Waals surface area contributed by atoms with Crippen LogP contribution in [0, 0.1) is 13.8 Å². The van der Waals surface area contributed by atoms with E-state index in [1.54, 1.807) is 11.5 Å². The van der Waals surface area contributed by atoms with Crippen LogP contribution in [0.15, 0.2) is 60.9 Å². The molecule has 2 aliphatic rings. The van der Waals surface area contributed by atoms with Gasteiger partial charge < -0.3 is 14.6 Å². The molecule has 0 aliphatic carbocycles. The molecule has 1 saturated heterocycles. The largest absolute Gasteiger partial charge is 0.488 e.